The Bertz CT molecular complexity index is 1310. The molecule has 172 valence electrons. The Labute approximate surface area is 196 Å². The van der Waals surface area contributed by atoms with Gasteiger partial charge in [-0.05, 0) is 57.0 Å². The van der Waals surface area contributed by atoms with Crippen molar-refractivity contribution in [1.82, 2.24) is 24.5 Å². The van der Waals surface area contributed by atoms with Crippen LogP contribution >= 0.6 is 11.3 Å². The van der Waals surface area contributed by atoms with Crippen molar-refractivity contribution in [2.45, 2.75) is 52.3 Å². The third kappa shape index (κ3) is 4.26. The van der Waals surface area contributed by atoms with Crippen LogP contribution in [0.3, 0.4) is 0 Å². The summed E-state index contributed by atoms with van der Waals surface area (Å²) in [5, 5.41) is 18.8. The van der Waals surface area contributed by atoms with Gasteiger partial charge in [0.15, 0.2) is 5.82 Å². The molecule has 0 aliphatic carbocycles. The number of hydrogen-bond acceptors (Lipinski definition) is 7. The van der Waals surface area contributed by atoms with Crippen LogP contribution in [0.25, 0.3) is 32.3 Å². The smallest absolute Gasteiger partial charge is 0.240 e. The van der Waals surface area contributed by atoms with E-state index in [9.17, 15) is 5.11 Å². The molecule has 0 bridgehead atoms. The van der Waals surface area contributed by atoms with Gasteiger partial charge in [-0.25, -0.2) is 4.68 Å². The summed E-state index contributed by atoms with van der Waals surface area (Å²) in [6.07, 6.45) is 4.60. The van der Waals surface area contributed by atoms with Crippen LogP contribution in [0, 0.1) is 0 Å². The summed E-state index contributed by atoms with van der Waals surface area (Å²) in [4.78, 5) is 6.74. The molecule has 0 atom stereocenters. The van der Waals surface area contributed by atoms with E-state index in [0.29, 0.717) is 19.1 Å². The van der Waals surface area contributed by atoms with E-state index in [0.717, 1.165) is 39.6 Å². The van der Waals surface area contributed by atoms with Gasteiger partial charge >= 0.3 is 0 Å². The van der Waals surface area contributed by atoms with Crippen LogP contribution in [0.5, 0.6) is 5.75 Å². The summed E-state index contributed by atoms with van der Waals surface area (Å²) in [6, 6.07) is 8.64. The Hall–Kier alpha value is -3.17. The summed E-state index contributed by atoms with van der Waals surface area (Å²) in [5.41, 5.74) is 9.43. The van der Waals surface area contributed by atoms with Crippen LogP contribution < -0.4 is 10.5 Å². The zero-order valence-electron chi connectivity index (χ0n) is 19.2. The molecule has 5 rings (SSSR count). The Morgan fingerprint density at radius 1 is 1.24 bits per heavy atom. The van der Waals surface area contributed by atoms with Crippen LogP contribution in [0.15, 0.2) is 36.7 Å². The molecule has 0 amide bonds. The maximum atomic E-state index is 10.1. The number of aromatic nitrogens is 5. The predicted octanol–water partition coefficient (Wildman–Crippen LogP) is 4.41. The first kappa shape index (κ1) is 21.7. The maximum Gasteiger partial charge on any atom is 0.240 e. The highest BCUT2D eigenvalue weighted by Gasteiger charge is 2.23. The number of nitrogens with zero attached hydrogens (tertiary/aromatic N) is 5. The summed E-state index contributed by atoms with van der Waals surface area (Å²) < 4.78 is 9.78. The Morgan fingerprint density at radius 3 is 2.82 bits per heavy atom. The second kappa shape index (κ2) is 8.00. The SMILES string of the molecule is CC(C)n1nc(N)nc1-c1cc2c(s1)-c1ccc(-c3cnn(CC(C)(C)O)c3)cc1OCC2. The summed E-state index contributed by atoms with van der Waals surface area (Å²) in [5.74, 6) is 1.96. The molecule has 0 fully saturated rings. The van der Waals surface area contributed by atoms with Gasteiger partial charge in [-0.1, -0.05) is 6.07 Å². The maximum absolute atomic E-state index is 10.1. The number of aliphatic hydroxyl groups is 1. The highest BCUT2D eigenvalue weighted by Crippen LogP contribution is 2.45. The number of nitrogen functional groups attached to an aromatic ring is 1. The fraction of sp³-hybridized carbons (Fsp3) is 0.375. The molecule has 0 unspecified atom stereocenters. The van der Waals surface area contributed by atoms with E-state index in [2.05, 4.69) is 53.3 Å². The lowest BCUT2D eigenvalue weighted by Gasteiger charge is -2.16. The van der Waals surface area contributed by atoms with Gasteiger partial charge in [0.2, 0.25) is 5.95 Å². The molecular weight excluding hydrogens is 436 g/mol. The van der Waals surface area contributed by atoms with Gasteiger partial charge < -0.3 is 15.6 Å². The van der Waals surface area contributed by atoms with Gasteiger partial charge in [0.25, 0.3) is 0 Å². The quantitative estimate of drug-likeness (QED) is 0.453. The Morgan fingerprint density at radius 2 is 2.06 bits per heavy atom. The second-order valence-electron chi connectivity index (χ2n) is 9.35. The van der Waals surface area contributed by atoms with E-state index in [1.807, 2.05) is 17.1 Å². The van der Waals surface area contributed by atoms with Crippen molar-refractivity contribution < 1.29 is 9.84 Å². The van der Waals surface area contributed by atoms with Crippen LogP contribution in [0.1, 0.15) is 39.3 Å². The number of ether oxygens (including phenoxy) is 1. The molecule has 3 N–H and O–H groups in total. The lowest BCUT2D eigenvalue weighted by Crippen LogP contribution is -2.26. The third-order valence-corrected chi connectivity index (χ3v) is 6.74. The minimum atomic E-state index is -0.822. The third-order valence-electron chi connectivity index (χ3n) is 5.54. The number of benzene rings is 1. The number of rotatable bonds is 5. The van der Waals surface area contributed by atoms with Crippen LogP contribution in [-0.4, -0.2) is 41.9 Å². The first-order valence-corrected chi connectivity index (χ1v) is 11.9. The number of hydrogen-bond donors (Lipinski definition) is 2. The van der Waals surface area contributed by atoms with Gasteiger partial charge in [0.05, 0.1) is 29.8 Å². The normalized spacial score (nSPS) is 13.5. The highest BCUT2D eigenvalue weighted by molar-refractivity contribution is 7.19. The topological polar surface area (TPSA) is 104 Å². The number of anilines is 1. The molecule has 8 nitrogen and oxygen atoms in total. The lowest BCUT2D eigenvalue weighted by molar-refractivity contribution is 0.0577. The molecule has 33 heavy (non-hydrogen) atoms. The Kier molecular flexibility index (Phi) is 5.25. The molecule has 0 radical (unpaired) electrons. The minimum Gasteiger partial charge on any atom is -0.493 e. The molecule has 0 spiro atoms. The van der Waals surface area contributed by atoms with Crippen LogP contribution in [0.2, 0.25) is 0 Å². The van der Waals surface area contributed by atoms with Crippen molar-refractivity contribution >= 4 is 17.3 Å². The molecule has 0 saturated heterocycles. The number of fused-ring (bicyclic) bond motifs is 3. The monoisotopic (exact) mass is 464 g/mol. The second-order valence-corrected chi connectivity index (χ2v) is 10.4. The molecule has 1 aliphatic heterocycles. The predicted molar refractivity (Wildman–Crippen MR) is 130 cm³/mol. The van der Waals surface area contributed by atoms with Gasteiger partial charge in [0, 0.05) is 34.7 Å². The largest absolute Gasteiger partial charge is 0.493 e. The van der Waals surface area contributed by atoms with Crippen molar-refractivity contribution in [3.05, 3.63) is 42.2 Å². The molecule has 3 aromatic heterocycles. The van der Waals surface area contributed by atoms with E-state index in [1.54, 1.807) is 29.9 Å². The molecule has 4 heterocycles. The average molecular weight is 465 g/mol. The average Bonchev–Trinajstić information content (AvgIpc) is 3.43. The molecule has 1 aliphatic rings. The number of nitrogens with two attached hydrogens (primary N) is 1. The van der Waals surface area contributed by atoms with E-state index in [-0.39, 0.29) is 6.04 Å². The molecule has 9 heteroatoms. The first-order chi connectivity index (χ1) is 15.7. The summed E-state index contributed by atoms with van der Waals surface area (Å²) in [6.45, 7) is 8.73. The zero-order valence-corrected chi connectivity index (χ0v) is 20.1. The van der Waals surface area contributed by atoms with E-state index in [1.165, 1.54) is 10.4 Å². The van der Waals surface area contributed by atoms with E-state index < -0.39 is 5.60 Å². The molecule has 0 saturated carbocycles. The highest BCUT2D eigenvalue weighted by atomic mass is 32.1. The first-order valence-electron chi connectivity index (χ1n) is 11.1. The Balaban J connectivity index is 1.51. The van der Waals surface area contributed by atoms with Gasteiger partial charge in [-0.15, -0.1) is 16.4 Å². The summed E-state index contributed by atoms with van der Waals surface area (Å²) in [7, 11) is 0. The minimum absolute atomic E-state index is 0.169. The summed E-state index contributed by atoms with van der Waals surface area (Å²) >= 11 is 1.70. The van der Waals surface area contributed by atoms with Crippen LogP contribution in [-0.2, 0) is 13.0 Å². The fourth-order valence-electron chi connectivity index (χ4n) is 4.10. The van der Waals surface area contributed by atoms with Gasteiger partial charge in [0.1, 0.15) is 5.75 Å². The van der Waals surface area contributed by atoms with E-state index in [4.69, 9.17) is 10.5 Å². The lowest BCUT2D eigenvalue weighted by atomic mass is 10.0. The fourth-order valence-corrected chi connectivity index (χ4v) is 5.32. The van der Waals surface area contributed by atoms with Crippen molar-refractivity contribution in [1.29, 1.82) is 0 Å². The number of thiophene rings is 1. The molecule has 1 aromatic carbocycles. The van der Waals surface area contributed by atoms with E-state index >= 15 is 0 Å². The molecule has 4 aromatic rings. The van der Waals surface area contributed by atoms with Crippen molar-refractivity contribution in [2.75, 3.05) is 12.3 Å². The van der Waals surface area contributed by atoms with Gasteiger partial charge in [-0.2, -0.15) is 10.1 Å². The zero-order chi connectivity index (χ0) is 23.3. The molecular formula is C24H28N6O2S. The van der Waals surface area contributed by atoms with Gasteiger partial charge in [-0.3, -0.25) is 4.68 Å². The van der Waals surface area contributed by atoms with Crippen molar-refractivity contribution in [3.8, 4) is 38.0 Å². The van der Waals surface area contributed by atoms with Crippen LogP contribution in [0.4, 0.5) is 5.95 Å². The van der Waals surface area contributed by atoms with Crippen molar-refractivity contribution in [3.63, 3.8) is 0 Å². The van der Waals surface area contributed by atoms with Crippen molar-refractivity contribution in [2.24, 2.45) is 0 Å². The standard InChI is InChI=1S/C24H28N6O2S/c1-14(2)30-22(27-23(25)28-30)20-10-16-7-8-32-19-9-15(5-6-18(19)21(16)33-20)17-11-26-29(12-17)13-24(3,4)31/h5-6,9-12,14,31H,7-8,13H2,1-4H3,(H2,25,28).